The zero-order valence-electron chi connectivity index (χ0n) is 16.2. The van der Waals surface area contributed by atoms with Gasteiger partial charge in [0.15, 0.2) is 0 Å². The number of nitrogens with one attached hydrogen (secondary N) is 1. The van der Waals surface area contributed by atoms with Crippen LogP contribution in [0.25, 0.3) is 11.0 Å². The molecule has 0 saturated carbocycles. The number of aromatic nitrogens is 2. The molecule has 1 N–H and O–H groups in total. The van der Waals surface area contributed by atoms with E-state index in [1.807, 2.05) is 18.2 Å². The van der Waals surface area contributed by atoms with Gasteiger partial charge in [0.2, 0.25) is 5.91 Å². The zero-order chi connectivity index (χ0) is 19.0. The number of amides is 1. The molecule has 1 aromatic carbocycles. The van der Waals surface area contributed by atoms with Gasteiger partial charge in [-0.1, -0.05) is 11.6 Å². The number of carbonyl (C=O) groups excluding carboxylic acids is 1. The van der Waals surface area contributed by atoms with Gasteiger partial charge in [-0.2, -0.15) is 0 Å². The molecule has 2 unspecified atom stereocenters. The monoisotopic (exact) mass is 388 g/mol. The Labute approximate surface area is 166 Å². The third kappa shape index (κ3) is 3.99. The number of carbonyl (C=O) groups is 1. The summed E-state index contributed by atoms with van der Waals surface area (Å²) in [6.45, 7) is 6.83. The molecule has 2 saturated heterocycles. The fourth-order valence-electron chi connectivity index (χ4n) is 4.75. The Balaban J connectivity index is 1.35. The number of hydrogen-bond donors (Lipinski definition) is 1. The van der Waals surface area contributed by atoms with E-state index in [0.717, 1.165) is 60.7 Å². The molecule has 1 amide bonds. The van der Waals surface area contributed by atoms with E-state index in [2.05, 4.69) is 28.6 Å². The molecular formula is C21H29ClN4O. The number of nitrogens with zero attached hydrogens (tertiary/aromatic N) is 3. The number of benzene rings is 1. The third-order valence-corrected chi connectivity index (χ3v) is 6.51. The Bertz CT molecular complexity index is 802. The van der Waals surface area contributed by atoms with Crippen molar-refractivity contribution >= 4 is 28.5 Å². The van der Waals surface area contributed by atoms with E-state index in [-0.39, 0.29) is 0 Å². The van der Waals surface area contributed by atoms with Crippen LogP contribution in [-0.4, -0.2) is 57.4 Å². The average molecular weight is 389 g/mol. The molecule has 6 heteroatoms. The number of H-pyrrole nitrogens is 1. The first-order valence-electron chi connectivity index (χ1n) is 10.2. The van der Waals surface area contributed by atoms with Crippen molar-refractivity contribution in [3.8, 4) is 0 Å². The summed E-state index contributed by atoms with van der Waals surface area (Å²) >= 11 is 6.08. The number of imidazole rings is 1. The molecule has 2 aliphatic rings. The lowest BCUT2D eigenvalue weighted by Gasteiger charge is -2.41. The lowest BCUT2D eigenvalue weighted by atomic mass is 9.95. The van der Waals surface area contributed by atoms with Crippen molar-refractivity contribution in [2.24, 2.45) is 0 Å². The second-order valence-corrected chi connectivity index (χ2v) is 8.70. The molecule has 2 atom stereocenters. The zero-order valence-corrected chi connectivity index (χ0v) is 17.0. The summed E-state index contributed by atoms with van der Waals surface area (Å²) in [6, 6.07) is 6.53. The van der Waals surface area contributed by atoms with Gasteiger partial charge in [-0.15, -0.1) is 0 Å². The molecule has 3 heterocycles. The second kappa shape index (κ2) is 7.80. The van der Waals surface area contributed by atoms with Crippen LogP contribution in [0.15, 0.2) is 18.2 Å². The summed E-state index contributed by atoms with van der Waals surface area (Å²) in [5.41, 5.74) is 1.98. The number of hydrogen-bond acceptors (Lipinski definition) is 3. The molecule has 5 nitrogen and oxygen atoms in total. The quantitative estimate of drug-likeness (QED) is 0.857. The highest BCUT2D eigenvalue weighted by atomic mass is 35.5. The van der Waals surface area contributed by atoms with Gasteiger partial charge >= 0.3 is 0 Å². The Morgan fingerprint density at radius 1 is 1.19 bits per heavy atom. The smallest absolute Gasteiger partial charge is 0.237 e. The number of aromatic amines is 1. The van der Waals surface area contributed by atoms with Crippen molar-refractivity contribution in [2.45, 2.75) is 64.0 Å². The maximum absolute atomic E-state index is 12.8. The van der Waals surface area contributed by atoms with Crippen LogP contribution in [0.2, 0.25) is 5.02 Å². The van der Waals surface area contributed by atoms with E-state index in [4.69, 9.17) is 16.6 Å². The molecule has 0 aliphatic carbocycles. The Hall–Kier alpha value is -1.59. The van der Waals surface area contributed by atoms with Gasteiger partial charge in [0.05, 0.1) is 17.6 Å². The second-order valence-electron chi connectivity index (χ2n) is 8.26. The van der Waals surface area contributed by atoms with Crippen LogP contribution >= 0.6 is 11.6 Å². The minimum atomic E-state index is 0.298. The van der Waals surface area contributed by atoms with Crippen LogP contribution in [0.1, 0.15) is 57.7 Å². The first-order chi connectivity index (χ1) is 13.0. The molecule has 146 valence electrons. The first-order valence-corrected chi connectivity index (χ1v) is 10.6. The van der Waals surface area contributed by atoms with Gasteiger partial charge in [-0.3, -0.25) is 9.69 Å². The number of piperidine rings is 2. The van der Waals surface area contributed by atoms with Crippen molar-refractivity contribution in [1.29, 1.82) is 0 Å². The van der Waals surface area contributed by atoms with Crippen molar-refractivity contribution in [3.63, 3.8) is 0 Å². The summed E-state index contributed by atoms with van der Waals surface area (Å²) in [5, 5.41) is 0.729. The van der Waals surface area contributed by atoms with Crippen LogP contribution < -0.4 is 0 Å². The predicted octanol–water partition coefficient (Wildman–Crippen LogP) is 4.19. The van der Waals surface area contributed by atoms with Crippen LogP contribution in [0.5, 0.6) is 0 Å². The Morgan fingerprint density at radius 3 is 2.59 bits per heavy atom. The predicted molar refractivity (Wildman–Crippen MR) is 109 cm³/mol. The summed E-state index contributed by atoms with van der Waals surface area (Å²) < 4.78 is 0. The standard InChI is InChI=1S/C21H29ClN4O/c1-14-4-3-5-15(2)26(14)20(27)13-25-10-8-16(9-11-25)21-23-18-7-6-17(22)12-19(18)24-21/h6-7,12,14-16H,3-5,8-11,13H2,1-2H3,(H,23,24). The summed E-state index contributed by atoms with van der Waals surface area (Å²) in [7, 11) is 0. The highest BCUT2D eigenvalue weighted by Crippen LogP contribution is 2.29. The maximum Gasteiger partial charge on any atom is 0.237 e. The Kier molecular flexibility index (Phi) is 5.42. The van der Waals surface area contributed by atoms with Crippen molar-refractivity contribution in [2.75, 3.05) is 19.6 Å². The maximum atomic E-state index is 12.8. The topological polar surface area (TPSA) is 52.2 Å². The van der Waals surface area contributed by atoms with E-state index in [9.17, 15) is 4.79 Å². The highest BCUT2D eigenvalue weighted by Gasteiger charge is 2.31. The van der Waals surface area contributed by atoms with E-state index in [1.165, 1.54) is 6.42 Å². The highest BCUT2D eigenvalue weighted by molar-refractivity contribution is 6.31. The van der Waals surface area contributed by atoms with Gasteiger partial charge in [0.1, 0.15) is 5.82 Å². The minimum absolute atomic E-state index is 0.298. The van der Waals surface area contributed by atoms with Crippen molar-refractivity contribution in [1.82, 2.24) is 19.8 Å². The van der Waals surface area contributed by atoms with E-state index in [1.54, 1.807) is 0 Å². The molecule has 0 spiro atoms. The van der Waals surface area contributed by atoms with Crippen LogP contribution in [-0.2, 0) is 4.79 Å². The normalized spacial score (nSPS) is 25.2. The fraction of sp³-hybridized carbons (Fsp3) is 0.619. The number of fused-ring (bicyclic) bond motifs is 1. The van der Waals surface area contributed by atoms with Crippen LogP contribution in [0, 0.1) is 0 Å². The SMILES string of the molecule is CC1CCCC(C)N1C(=O)CN1CCC(c2nc3ccc(Cl)cc3[nH]2)CC1. The van der Waals surface area contributed by atoms with E-state index in [0.29, 0.717) is 30.5 Å². The molecule has 0 radical (unpaired) electrons. The van der Waals surface area contributed by atoms with Crippen LogP contribution in [0.3, 0.4) is 0 Å². The molecule has 2 aliphatic heterocycles. The molecule has 1 aromatic heterocycles. The first kappa shape index (κ1) is 18.8. The largest absolute Gasteiger partial charge is 0.342 e. The lowest BCUT2D eigenvalue weighted by molar-refractivity contribution is -0.138. The Morgan fingerprint density at radius 2 is 1.89 bits per heavy atom. The van der Waals surface area contributed by atoms with Gasteiger partial charge in [0.25, 0.3) is 0 Å². The lowest BCUT2D eigenvalue weighted by Crippen LogP contribution is -2.51. The molecular weight excluding hydrogens is 360 g/mol. The van der Waals surface area contributed by atoms with Gasteiger partial charge in [-0.25, -0.2) is 4.98 Å². The molecule has 2 aromatic rings. The van der Waals surface area contributed by atoms with Gasteiger partial charge in [-0.05, 0) is 77.2 Å². The summed E-state index contributed by atoms with van der Waals surface area (Å²) in [6.07, 6.45) is 5.57. The average Bonchev–Trinajstić information content (AvgIpc) is 3.05. The molecule has 4 rings (SSSR count). The number of halogens is 1. The summed E-state index contributed by atoms with van der Waals surface area (Å²) in [4.78, 5) is 25.5. The number of likely N-dealkylation sites (tertiary alicyclic amines) is 2. The fourth-order valence-corrected chi connectivity index (χ4v) is 4.92. The van der Waals surface area contributed by atoms with E-state index < -0.39 is 0 Å². The van der Waals surface area contributed by atoms with Crippen molar-refractivity contribution < 1.29 is 4.79 Å². The van der Waals surface area contributed by atoms with Gasteiger partial charge < -0.3 is 9.88 Å². The van der Waals surface area contributed by atoms with E-state index >= 15 is 0 Å². The van der Waals surface area contributed by atoms with Crippen LogP contribution in [0.4, 0.5) is 0 Å². The molecule has 0 bridgehead atoms. The number of rotatable bonds is 3. The minimum Gasteiger partial charge on any atom is -0.342 e. The van der Waals surface area contributed by atoms with Gasteiger partial charge in [0, 0.05) is 23.0 Å². The van der Waals surface area contributed by atoms with Crippen molar-refractivity contribution in [3.05, 3.63) is 29.0 Å². The third-order valence-electron chi connectivity index (χ3n) is 6.28. The molecule has 2 fully saturated rings. The summed E-state index contributed by atoms with van der Waals surface area (Å²) in [5.74, 6) is 1.78. The molecule has 27 heavy (non-hydrogen) atoms.